The van der Waals surface area contributed by atoms with Crippen molar-refractivity contribution in [3.8, 4) is 0 Å². The van der Waals surface area contributed by atoms with Crippen LogP contribution < -0.4 is 0 Å². The molecule has 0 saturated heterocycles. The van der Waals surface area contributed by atoms with Crippen molar-refractivity contribution in [2.24, 2.45) is 0 Å². The highest BCUT2D eigenvalue weighted by Crippen LogP contribution is 2.18. The van der Waals surface area contributed by atoms with Crippen LogP contribution in [0.1, 0.15) is 5.56 Å². The smallest absolute Gasteiger partial charge is 0.129 e. The summed E-state index contributed by atoms with van der Waals surface area (Å²) in [6.07, 6.45) is 3.58. The molecule has 0 spiro atoms. The second-order valence-corrected chi connectivity index (χ2v) is 3.20. The predicted octanol–water partition coefficient (Wildman–Crippen LogP) is 3.53. The highest BCUT2D eigenvalue weighted by Gasteiger charge is 1.95. The zero-order valence-corrected chi connectivity index (χ0v) is 7.75. The van der Waals surface area contributed by atoms with Gasteiger partial charge in [0.05, 0.1) is 0 Å². The molecular formula is C11H8ClN. The summed E-state index contributed by atoms with van der Waals surface area (Å²) in [4.78, 5) is 4.00. The van der Waals surface area contributed by atoms with E-state index in [2.05, 4.69) is 11.6 Å². The van der Waals surface area contributed by atoms with E-state index >= 15 is 0 Å². The van der Waals surface area contributed by atoms with Crippen molar-refractivity contribution in [3.63, 3.8) is 0 Å². The molecule has 64 valence electrons. The number of fused-ring (bicyclic) bond motifs is 1. The van der Waals surface area contributed by atoms with E-state index in [4.69, 9.17) is 11.6 Å². The standard InChI is InChI=1S/C11H8ClN/c1-2-8-3-4-9-7-13-11(12)6-10(9)5-8/h2-7H,1H2. The average molecular weight is 190 g/mol. The van der Waals surface area contributed by atoms with E-state index in [1.165, 1.54) is 0 Å². The Kier molecular flexibility index (Phi) is 2.03. The van der Waals surface area contributed by atoms with Gasteiger partial charge in [-0.1, -0.05) is 36.4 Å². The van der Waals surface area contributed by atoms with Crippen molar-refractivity contribution in [2.75, 3.05) is 0 Å². The number of benzene rings is 1. The van der Waals surface area contributed by atoms with Gasteiger partial charge in [-0.3, -0.25) is 0 Å². The van der Waals surface area contributed by atoms with Gasteiger partial charge in [-0.05, 0) is 23.1 Å². The quantitative estimate of drug-likeness (QED) is 0.626. The van der Waals surface area contributed by atoms with E-state index in [0.29, 0.717) is 5.15 Å². The van der Waals surface area contributed by atoms with Crippen LogP contribution >= 0.6 is 11.6 Å². The molecule has 0 atom stereocenters. The highest BCUT2D eigenvalue weighted by molar-refractivity contribution is 6.30. The molecule has 0 aliphatic rings. The average Bonchev–Trinajstić information content (AvgIpc) is 2.16. The molecular weight excluding hydrogens is 182 g/mol. The summed E-state index contributed by atoms with van der Waals surface area (Å²) >= 11 is 5.78. The third kappa shape index (κ3) is 1.56. The maximum Gasteiger partial charge on any atom is 0.129 e. The lowest BCUT2D eigenvalue weighted by molar-refractivity contribution is 1.36. The SMILES string of the molecule is C=Cc1ccc2cnc(Cl)cc2c1. The Morgan fingerprint density at radius 3 is 2.85 bits per heavy atom. The number of rotatable bonds is 1. The first kappa shape index (κ1) is 8.27. The fraction of sp³-hybridized carbons (Fsp3) is 0. The van der Waals surface area contributed by atoms with Crippen LogP contribution in [0.5, 0.6) is 0 Å². The van der Waals surface area contributed by atoms with E-state index < -0.39 is 0 Å². The summed E-state index contributed by atoms with van der Waals surface area (Å²) in [5.74, 6) is 0. The van der Waals surface area contributed by atoms with Crippen LogP contribution in [0.3, 0.4) is 0 Å². The van der Waals surface area contributed by atoms with Gasteiger partial charge in [0.1, 0.15) is 5.15 Å². The molecule has 0 bridgehead atoms. The van der Waals surface area contributed by atoms with Crippen LogP contribution in [0.4, 0.5) is 0 Å². The fourth-order valence-electron chi connectivity index (χ4n) is 1.26. The van der Waals surface area contributed by atoms with E-state index in [-0.39, 0.29) is 0 Å². The summed E-state index contributed by atoms with van der Waals surface area (Å²) in [5, 5.41) is 2.71. The van der Waals surface area contributed by atoms with Crippen LogP contribution in [-0.2, 0) is 0 Å². The molecule has 0 unspecified atom stereocenters. The van der Waals surface area contributed by atoms with Crippen LogP contribution in [-0.4, -0.2) is 4.98 Å². The number of aromatic nitrogens is 1. The zero-order chi connectivity index (χ0) is 9.26. The molecule has 2 rings (SSSR count). The molecule has 0 radical (unpaired) electrons. The molecule has 0 saturated carbocycles. The molecule has 1 aromatic carbocycles. The molecule has 2 heteroatoms. The third-order valence-corrected chi connectivity index (χ3v) is 2.15. The van der Waals surface area contributed by atoms with E-state index in [0.717, 1.165) is 16.3 Å². The molecule has 1 aromatic heterocycles. The van der Waals surface area contributed by atoms with Crippen molar-refractivity contribution in [3.05, 3.63) is 47.8 Å². The van der Waals surface area contributed by atoms with Gasteiger partial charge in [0.25, 0.3) is 0 Å². The van der Waals surface area contributed by atoms with Crippen molar-refractivity contribution in [2.45, 2.75) is 0 Å². The van der Waals surface area contributed by atoms with Gasteiger partial charge < -0.3 is 0 Å². The lowest BCUT2D eigenvalue weighted by atomic mass is 10.1. The normalized spacial score (nSPS) is 10.2. The van der Waals surface area contributed by atoms with Crippen molar-refractivity contribution >= 4 is 28.4 Å². The third-order valence-electron chi connectivity index (χ3n) is 1.95. The molecule has 0 aliphatic carbocycles. The summed E-state index contributed by atoms with van der Waals surface area (Å²) in [6.45, 7) is 3.71. The molecule has 1 heterocycles. The minimum Gasteiger partial charge on any atom is -0.244 e. The van der Waals surface area contributed by atoms with Gasteiger partial charge in [-0.2, -0.15) is 0 Å². The second-order valence-electron chi connectivity index (χ2n) is 2.82. The Balaban J connectivity index is 2.74. The molecule has 0 N–H and O–H groups in total. The number of hydrogen-bond donors (Lipinski definition) is 0. The Hall–Kier alpha value is -1.34. The number of pyridine rings is 1. The molecule has 2 aromatic rings. The number of hydrogen-bond acceptors (Lipinski definition) is 1. The minimum atomic E-state index is 0.522. The lowest BCUT2D eigenvalue weighted by Crippen LogP contribution is -1.78. The molecule has 1 nitrogen and oxygen atoms in total. The van der Waals surface area contributed by atoms with Crippen LogP contribution in [0.25, 0.3) is 16.8 Å². The first-order valence-electron chi connectivity index (χ1n) is 3.97. The number of halogens is 1. The van der Waals surface area contributed by atoms with Crippen LogP contribution in [0.15, 0.2) is 37.0 Å². The van der Waals surface area contributed by atoms with Gasteiger partial charge in [0.2, 0.25) is 0 Å². The van der Waals surface area contributed by atoms with E-state index in [1.54, 1.807) is 6.20 Å². The van der Waals surface area contributed by atoms with E-state index in [1.807, 2.05) is 30.3 Å². The van der Waals surface area contributed by atoms with Crippen LogP contribution in [0.2, 0.25) is 5.15 Å². The first-order chi connectivity index (χ1) is 6.29. The highest BCUT2D eigenvalue weighted by atomic mass is 35.5. The Morgan fingerprint density at radius 1 is 1.23 bits per heavy atom. The fourth-order valence-corrected chi connectivity index (χ4v) is 1.43. The largest absolute Gasteiger partial charge is 0.244 e. The monoisotopic (exact) mass is 189 g/mol. The second kappa shape index (κ2) is 3.19. The van der Waals surface area contributed by atoms with E-state index in [9.17, 15) is 0 Å². The minimum absolute atomic E-state index is 0.522. The molecule has 0 aliphatic heterocycles. The van der Waals surface area contributed by atoms with Crippen molar-refractivity contribution in [1.29, 1.82) is 0 Å². The van der Waals surface area contributed by atoms with Gasteiger partial charge in [0, 0.05) is 11.6 Å². The van der Waals surface area contributed by atoms with Gasteiger partial charge >= 0.3 is 0 Å². The van der Waals surface area contributed by atoms with Gasteiger partial charge in [0.15, 0.2) is 0 Å². The topological polar surface area (TPSA) is 12.9 Å². The first-order valence-corrected chi connectivity index (χ1v) is 4.35. The Morgan fingerprint density at radius 2 is 2.08 bits per heavy atom. The Labute approximate surface area is 81.7 Å². The maximum absolute atomic E-state index is 5.78. The molecule has 0 fully saturated rings. The Bertz CT molecular complexity index is 463. The zero-order valence-electron chi connectivity index (χ0n) is 7.00. The van der Waals surface area contributed by atoms with Crippen molar-refractivity contribution in [1.82, 2.24) is 4.98 Å². The molecule has 13 heavy (non-hydrogen) atoms. The van der Waals surface area contributed by atoms with Crippen molar-refractivity contribution < 1.29 is 0 Å². The summed E-state index contributed by atoms with van der Waals surface area (Å²) in [7, 11) is 0. The maximum atomic E-state index is 5.78. The summed E-state index contributed by atoms with van der Waals surface area (Å²) in [6, 6.07) is 7.90. The van der Waals surface area contributed by atoms with Crippen LogP contribution in [0, 0.1) is 0 Å². The summed E-state index contributed by atoms with van der Waals surface area (Å²) in [5.41, 5.74) is 1.09. The lowest BCUT2D eigenvalue weighted by Gasteiger charge is -1.98. The summed E-state index contributed by atoms with van der Waals surface area (Å²) < 4.78 is 0. The molecule has 0 amide bonds. The van der Waals surface area contributed by atoms with Gasteiger partial charge in [-0.25, -0.2) is 4.98 Å². The predicted molar refractivity (Wildman–Crippen MR) is 56.8 cm³/mol. The van der Waals surface area contributed by atoms with Gasteiger partial charge in [-0.15, -0.1) is 0 Å². The number of nitrogens with zero attached hydrogens (tertiary/aromatic N) is 1.